The fraction of sp³-hybridized carbons (Fsp3) is 0.688. The Morgan fingerprint density at radius 2 is 2.19 bits per heavy atom. The molecule has 1 aromatic rings. The molecule has 5 heteroatoms. The second-order valence-corrected chi connectivity index (χ2v) is 6.88. The van der Waals surface area contributed by atoms with Crippen molar-refractivity contribution in [3.05, 3.63) is 22.4 Å². The lowest BCUT2D eigenvalue weighted by Crippen LogP contribution is -2.41. The first-order chi connectivity index (χ1) is 10.1. The van der Waals surface area contributed by atoms with Gasteiger partial charge in [-0.05, 0) is 44.4 Å². The molecule has 1 aromatic heterocycles. The van der Waals surface area contributed by atoms with Crippen LogP contribution < -0.4 is 0 Å². The van der Waals surface area contributed by atoms with E-state index in [1.165, 1.54) is 30.6 Å². The zero-order valence-corrected chi connectivity index (χ0v) is 13.6. The van der Waals surface area contributed by atoms with Gasteiger partial charge < -0.3 is 14.9 Å². The van der Waals surface area contributed by atoms with Crippen LogP contribution in [0.15, 0.2) is 17.5 Å². The summed E-state index contributed by atoms with van der Waals surface area (Å²) in [5, 5.41) is 12.1. The Morgan fingerprint density at radius 1 is 1.43 bits per heavy atom. The molecule has 4 nitrogen and oxygen atoms in total. The zero-order chi connectivity index (χ0) is 15.1. The van der Waals surface area contributed by atoms with E-state index in [1.807, 2.05) is 24.6 Å². The highest BCUT2D eigenvalue weighted by molar-refractivity contribution is 7.12. The molecule has 2 heterocycles. The minimum Gasteiger partial charge on any atom is -0.390 e. The Labute approximate surface area is 131 Å². The molecule has 2 rings (SSSR count). The van der Waals surface area contributed by atoms with Gasteiger partial charge in [0.1, 0.15) is 0 Å². The predicted molar refractivity (Wildman–Crippen MR) is 87.1 cm³/mol. The van der Waals surface area contributed by atoms with Crippen LogP contribution in [0.4, 0.5) is 0 Å². The monoisotopic (exact) mass is 310 g/mol. The van der Waals surface area contributed by atoms with Gasteiger partial charge in [0.25, 0.3) is 0 Å². The number of thiophene rings is 1. The van der Waals surface area contributed by atoms with Gasteiger partial charge in [-0.1, -0.05) is 12.5 Å². The van der Waals surface area contributed by atoms with Gasteiger partial charge in [-0.15, -0.1) is 11.3 Å². The third-order valence-corrected chi connectivity index (χ3v) is 4.87. The maximum absolute atomic E-state index is 11.9. The lowest BCUT2D eigenvalue weighted by Gasteiger charge is -2.30. The van der Waals surface area contributed by atoms with Crippen molar-refractivity contribution in [3.8, 4) is 0 Å². The molecule has 0 bridgehead atoms. The summed E-state index contributed by atoms with van der Waals surface area (Å²) in [6.45, 7) is 4.31. The average molecular weight is 310 g/mol. The van der Waals surface area contributed by atoms with Crippen molar-refractivity contribution in [3.63, 3.8) is 0 Å². The maximum atomic E-state index is 11.9. The minimum absolute atomic E-state index is 0.197. The number of piperidine rings is 1. The van der Waals surface area contributed by atoms with Crippen LogP contribution in [0.25, 0.3) is 0 Å². The molecule has 1 fully saturated rings. The number of rotatable bonds is 8. The summed E-state index contributed by atoms with van der Waals surface area (Å²) in [4.78, 5) is 17.2. The number of aliphatic hydroxyl groups excluding tert-OH is 1. The first-order valence-electron chi connectivity index (χ1n) is 7.81. The molecular weight excluding hydrogens is 284 g/mol. The highest BCUT2D eigenvalue weighted by atomic mass is 32.1. The van der Waals surface area contributed by atoms with Crippen molar-refractivity contribution in [2.24, 2.45) is 0 Å². The van der Waals surface area contributed by atoms with Crippen LogP contribution in [-0.4, -0.2) is 66.6 Å². The van der Waals surface area contributed by atoms with Gasteiger partial charge in [0.05, 0.1) is 11.0 Å². The van der Waals surface area contributed by atoms with Crippen molar-refractivity contribution in [2.45, 2.75) is 31.8 Å². The number of hydrogen-bond donors (Lipinski definition) is 1. The van der Waals surface area contributed by atoms with E-state index in [-0.39, 0.29) is 11.9 Å². The van der Waals surface area contributed by atoms with Crippen LogP contribution in [0.1, 0.15) is 35.4 Å². The summed E-state index contributed by atoms with van der Waals surface area (Å²) in [5.74, 6) is 0.197. The molecule has 1 atom stereocenters. The van der Waals surface area contributed by atoms with Crippen LogP contribution in [0.2, 0.25) is 0 Å². The smallest absolute Gasteiger partial charge is 0.174 e. The third kappa shape index (κ3) is 5.87. The van der Waals surface area contributed by atoms with Gasteiger partial charge >= 0.3 is 0 Å². The number of carbonyl (C=O) groups is 1. The van der Waals surface area contributed by atoms with Gasteiger partial charge in [0.15, 0.2) is 5.78 Å². The Morgan fingerprint density at radius 3 is 2.86 bits per heavy atom. The fourth-order valence-corrected chi connectivity index (χ4v) is 3.50. The van der Waals surface area contributed by atoms with Gasteiger partial charge in [0, 0.05) is 26.1 Å². The molecule has 0 amide bonds. The summed E-state index contributed by atoms with van der Waals surface area (Å²) in [5.41, 5.74) is 0. The van der Waals surface area contributed by atoms with Gasteiger partial charge in [-0.3, -0.25) is 4.79 Å². The maximum Gasteiger partial charge on any atom is 0.174 e. The minimum atomic E-state index is -0.329. The summed E-state index contributed by atoms with van der Waals surface area (Å²) >= 11 is 1.50. The molecule has 1 saturated heterocycles. The van der Waals surface area contributed by atoms with Crippen LogP contribution >= 0.6 is 11.3 Å². The van der Waals surface area contributed by atoms with E-state index in [4.69, 9.17) is 0 Å². The molecule has 1 aliphatic heterocycles. The number of ketones is 1. The Kier molecular flexibility index (Phi) is 6.83. The summed E-state index contributed by atoms with van der Waals surface area (Å²) in [7, 11) is 1.97. The van der Waals surface area contributed by atoms with Crippen molar-refractivity contribution in [2.75, 3.05) is 39.8 Å². The molecule has 1 aliphatic rings. The molecule has 0 aliphatic carbocycles. The lowest BCUT2D eigenvalue weighted by molar-refractivity contribution is 0.0720. The standard InChI is InChI=1S/C16H26N2O2S/c1-17(10-7-15(20)16-6-5-11-21-16)12-14(19)13-18-8-3-2-4-9-18/h5-6,11,14,19H,2-4,7-10,12-13H2,1H3. The van der Waals surface area contributed by atoms with E-state index in [0.29, 0.717) is 19.5 Å². The average Bonchev–Trinajstić information content (AvgIpc) is 3.00. The van der Waals surface area contributed by atoms with Crippen molar-refractivity contribution in [1.82, 2.24) is 9.80 Å². The van der Waals surface area contributed by atoms with E-state index < -0.39 is 0 Å². The van der Waals surface area contributed by atoms with E-state index >= 15 is 0 Å². The number of Topliss-reactive ketones (excluding diaryl/α,β-unsaturated/α-hetero) is 1. The van der Waals surface area contributed by atoms with Crippen LogP contribution in [-0.2, 0) is 0 Å². The quantitative estimate of drug-likeness (QED) is 0.747. The molecule has 1 unspecified atom stereocenters. The highest BCUT2D eigenvalue weighted by Gasteiger charge is 2.16. The zero-order valence-electron chi connectivity index (χ0n) is 12.8. The lowest BCUT2D eigenvalue weighted by atomic mass is 10.1. The van der Waals surface area contributed by atoms with Gasteiger partial charge in [0.2, 0.25) is 0 Å². The largest absolute Gasteiger partial charge is 0.390 e. The Hall–Kier alpha value is -0.750. The topological polar surface area (TPSA) is 43.8 Å². The molecule has 0 aromatic carbocycles. The second kappa shape index (κ2) is 8.63. The van der Waals surface area contributed by atoms with Crippen LogP contribution in [0, 0.1) is 0 Å². The number of β-amino-alcohol motifs (C(OH)–C–C–N with tert-alkyl or cyclic N) is 1. The molecule has 0 radical (unpaired) electrons. The van der Waals surface area contributed by atoms with E-state index in [2.05, 4.69) is 9.80 Å². The highest BCUT2D eigenvalue weighted by Crippen LogP contribution is 2.12. The van der Waals surface area contributed by atoms with E-state index in [1.54, 1.807) is 0 Å². The van der Waals surface area contributed by atoms with E-state index in [9.17, 15) is 9.90 Å². The first-order valence-corrected chi connectivity index (χ1v) is 8.69. The number of nitrogens with zero attached hydrogens (tertiary/aromatic N) is 2. The summed E-state index contributed by atoms with van der Waals surface area (Å²) in [6, 6.07) is 3.78. The Balaban J connectivity index is 1.64. The summed E-state index contributed by atoms with van der Waals surface area (Å²) < 4.78 is 0. The number of aliphatic hydroxyl groups is 1. The van der Waals surface area contributed by atoms with Crippen molar-refractivity contribution in [1.29, 1.82) is 0 Å². The van der Waals surface area contributed by atoms with Crippen molar-refractivity contribution < 1.29 is 9.90 Å². The third-order valence-electron chi connectivity index (χ3n) is 3.96. The molecule has 1 N–H and O–H groups in total. The number of hydrogen-bond acceptors (Lipinski definition) is 5. The fourth-order valence-electron chi connectivity index (χ4n) is 2.80. The van der Waals surface area contributed by atoms with Gasteiger partial charge in [-0.25, -0.2) is 0 Å². The Bertz CT molecular complexity index is 416. The molecule has 0 saturated carbocycles. The molecule has 0 spiro atoms. The number of carbonyl (C=O) groups excluding carboxylic acids is 1. The van der Waals surface area contributed by atoms with E-state index in [0.717, 1.165) is 24.5 Å². The van der Waals surface area contributed by atoms with Crippen LogP contribution in [0.3, 0.4) is 0 Å². The first kappa shape index (κ1) is 16.6. The van der Waals surface area contributed by atoms with Crippen LogP contribution in [0.5, 0.6) is 0 Å². The van der Waals surface area contributed by atoms with Gasteiger partial charge in [-0.2, -0.15) is 0 Å². The molecule has 21 heavy (non-hydrogen) atoms. The SMILES string of the molecule is CN(CCC(=O)c1cccs1)CC(O)CN1CCCCC1. The predicted octanol–water partition coefficient (Wildman–Crippen LogP) is 2.10. The molecule has 118 valence electrons. The number of likely N-dealkylation sites (N-methyl/N-ethyl adjacent to an activating group) is 1. The normalized spacial score (nSPS) is 18.0. The number of likely N-dealkylation sites (tertiary alicyclic amines) is 1. The van der Waals surface area contributed by atoms with Crippen molar-refractivity contribution >= 4 is 17.1 Å². The summed E-state index contributed by atoms with van der Waals surface area (Å²) in [6.07, 6.45) is 4.01. The molecular formula is C16H26N2O2S. The second-order valence-electron chi connectivity index (χ2n) is 5.93.